The van der Waals surface area contributed by atoms with E-state index in [0.29, 0.717) is 12.2 Å². The highest BCUT2D eigenvalue weighted by atomic mass is 19.1. The molecule has 0 bridgehead atoms. The van der Waals surface area contributed by atoms with Gasteiger partial charge in [0.25, 0.3) is 0 Å². The van der Waals surface area contributed by atoms with Crippen LogP contribution in [0.4, 0.5) is 4.39 Å². The average molecular weight is 347 g/mol. The Labute approximate surface area is 150 Å². The van der Waals surface area contributed by atoms with E-state index in [1.54, 1.807) is 23.0 Å². The van der Waals surface area contributed by atoms with E-state index in [9.17, 15) is 4.39 Å². The van der Waals surface area contributed by atoms with Gasteiger partial charge >= 0.3 is 0 Å². The Balaban J connectivity index is 1.54. The summed E-state index contributed by atoms with van der Waals surface area (Å²) in [5, 5.41) is 5.32. The van der Waals surface area contributed by atoms with E-state index in [1.165, 1.54) is 12.1 Å². The van der Waals surface area contributed by atoms with Crippen molar-refractivity contribution in [3.8, 4) is 11.4 Å². The quantitative estimate of drug-likeness (QED) is 0.554. The molecule has 4 nitrogen and oxygen atoms in total. The molecule has 5 heteroatoms. The molecule has 0 unspecified atom stereocenters. The number of fused-ring (bicyclic) bond motifs is 1. The predicted octanol–water partition coefficient (Wildman–Crippen LogP) is 4.07. The summed E-state index contributed by atoms with van der Waals surface area (Å²) < 4.78 is 20.7. The first-order valence-corrected chi connectivity index (χ1v) is 8.39. The van der Waals surface area contributed by atoms with Crippen molar-refractivity contribution in [2.75, 3.05) is 0 Å². The minimum absolute atomic E-state index is 0.270. The van der Waals surface area contributed by atoms with Gasteiger partial charge in [0.15, 0.2) is 6.23 Å². The third-order valence-electron chi connectivity index (χ3n) is 4.18. The molecule has 1 atom stereocenters. The van der Waals surface area contributed by atoms with Gasteiger partial charge in [-0.05, 0) is 48.0 Å². The molecule has 0 saturated heterocycles. The molecular formula is C21H18FN3O. The molecule has 0 aliphatic carbocycles. The minimum atomic E-state index is -0.429. The number of rotatable bonds is 5. The fraction of sp³-hybridized carbons (Fsp3) is 0.0952. The third-order valence-corrected chi connectivity index (χ3v) is 4.18. The van der Waals surface area contributed by atoms with Gasteiger partial charge in [-0.15, -0.1) is 0 Å². The van der Waals surface area contributed by atoms with Gasteiger partial charge in [0, 0.05) is 11.8 Å². The summed E-state index contributed by atoms with van der Waals surface area (Å²) >= 11 is 0. The lowest BCUT2D eigenvalue weighted by atomic mass is 10.1. The van der Waals surface area contributed by atoms with Crippen LogP contribution in [-0.4, -0.2) is 16.0 Å². The first-order chi connectivity index (χ1) is 12.7. The number of aromatic nitrogens is 2. The monoisotopic (exact) mass is 347 g/mol. The molecule has 0 spiro atoms. The summed E-state index contributed by atoms with van der Waals surface area (Å²) in [5.41, 5.74) is 8.96. The standard InChI is InChI=1S/C21H18FN3O/c22-17-6-8-18(9-7-17)25-20-11-10-19(13-16(20)14-24-25)26-21(23)12-15-4-2-1-3-5-15/h1-11,13-14,21H,12,23H2/t21-/m0/s1. The Morgan fingerprint density at radius 3 is 2.54 bits per heavy atom. The maximum atomic E-state index is 13.1. The molecule has 4 aromatic rings. The predicted molar refractivity (Wildman–Crippen MR) is 99.8 cm³/mol. The van der Waals surface area contributed by atoms with Crippen molar-refractivity contribution in [1.82, 2.24) is 9.78 Å². The zero-order chi connectivity index (χ0) is 17.9. The summed E-state index contributed by atoms with van der Waals surface area (Å²) in [6.07, 6.45) is 1.96. The van der Waals surface area contributed by atoms with Gasteiger partial charge in [-0.1, -0.05) is 30.3 Å². The number of hydrogen-bond acceptors (Lipinski definition) is 3. The first kappa shape index (κ1) is 16.3. The van der Waals surface area contributed by atoms with Crippen LogP contribution < -0.4 is 10.5 Å². The van der Waals surface area contributed by atoms with Gasteiger partial charge in [-0.25, -0.2) is 9.07 Å². The number of ether oxygens (including phenoxy) is 1. The molecule has 1 aromatic heterocycles. The smallest absolute Gasteiger partial charge is 0.151 e. The van der Waals surface area contributed by atoms with Gasteiger partial charge < -0.3 is 4.74 Å². The van der Waals surface area contributed by atoms with Crippen molar-refractivity contribution in [2.24, 2.45) is 5.73 Å². The number of nitrogens with zero attached hydrogens (tertiary/aromatic N) is 2. The number of halogens is 1. The van der Waals surface area contributed by atoms with Gasteiger partial charge in [-0.3, -0.25) is 5.73 Å². The van der Waals surface area contributed by atoms with Crippen LogP contribution in [-0.2, 0) is 6.42 Å². The summed E-state index contributed by atoms with van der Waals surface area (Å²) in [6.45, 7) is 0. The van der Waals surface area contributed by atoms with E-state index in [4.69, 9.17) is 10.5 Å². The Kier molecular flexibility index (Phi) is 4.37. The van der Waals surface area contributed by atoms with E-state index < -0.39 is 6.23 Å². The highest BCUT2D eigenvalue weighted by molar-refractivity contribution is 5.81. The zero-order valence-electron chi connectivity index (χ0n) is 14.0. The molecule has 0 radical (unpaired) electrons. The van der Waals surface area contributed by atoms with Crippen LogP contribution in [0, 0.1) is 5.82 Å². The Morgan fingerprint density at radius 1 is 1.00 bits per heavy atom. The maximum Gasteiger partial charge on any atom is 0.151 e. The molecule has 0 aliphatic rings. The SMILES string of the molecule is N[C@H](Cc1ccccc1)Oc1ccc2c(cnn2-c2ccc(F)cc2)c1. The number of nitrogens with two attached hydrogens (primary N) is 1. The van der Waals surface area contributed by atoms with Crippen molar-refractivity contribution in [3.63, 3.8) is 0 Å². The fourth-order valence-electron chi connectivity index (χ4n) is 2.94. The van der Waals surface area contributed by atoms with E-state index in [0.717, 1.165) is 22.2 Å². The van der Waals surface area contributed by atoms with Crippen molar-refractivity contribution in [1.29, 1.82) is 0 Å². The van der Waals surface area contributed by atoms with Crippen molar-refractivity contribution in [3.05, 3.63) is 90.4 Å². The number of benzene rings is 3. The minimum Gasteiger partial charge on any atom is -0.475 e. The van der Waals surface area contributed by atoms with Crippen LogP contribution in [0.2, 0.25) is 0 Å². The highest BCUT2D eigenvalue weighted by Crippen LogP contribution is 2.24. The lowest BCUT2D eigenvalue weighted by molar-refractivity contribution is 0.210. The van der Waals surface area contributed by atoms with Crippen molar-refractivity contribution >= 4 is 10.9 Å². The van der Waals surface area contributed by atoms with Gasteiger partial charge in [0.05, 0.1) is 17.4 Å². The normalized spacial score (nSPS) is 12.2. The lowest BCUT2D eigenvalue weighted by Crippen LogP contribution is -2.29. The molecule has 26 heavy (non-hydrogen) atoms. The molecule has 130 valence electrons. The summed E-state index contributed by atoms with van der Waals surface area (Å²) in [4.78, 5) is 0. The van der Waals surface area contributed by atoms with Gasteiger partial charge in [0.1, 0.15) is 11.6 Å². The van der Waals surface area contributed by atoms with E-state index in [-0.39, 0.29) is 5.82 Å². The molecule has 0 amide bonds. The average Bonchev–Trinajstić information content (AvgIpc) is 3.06. The molecule has 0 fully saturated rings. The van der Waals surface area contributed by atoms with E-state index in [1.807, 2.05) is 48.5 Å². The summed E-state index contributed by atoms with van der Waals surface area (Å²) in [5.74, 6) is 0.424. The topological polar surface area (TPSA) is 53.1 Å². The Bertz CT molecular complexity index is 1010. The largest absolute Gasteiger partial charge is 0.475 e. The zero-order valence-corrected chi connectivity index (χ0v) is 14.0. The molecule has 2 N–H and O–H groups in total. The fourth-order valence-corrected chi connectivity index (χ4v) is 2.94. The van der Waals surface area contributed by atoms with E-state index >= 15 is 0 Å². The van der Waals surface area contributed by atoms with Crippen LogP contribution in [0.15, 0.2) is 79.0 Å². The third kappa shape index (κ3) is 3.43. The molecule has 0 aliphatic heterocycles. The summed E-state index contributed by atoms with van der Waals surface area (Å²) in [6, 6.07) is 21.9. The lowest BCUT2D eigenvalue weighted by Gasteiger charge is -2.15. The van der Waals surface area contributed by atoms with Gasteiger partial charge in [-0.2, -0.15) is 5.10 Å². The van der Waals surface area contributed by atoms with Crippen LogP contribution >= 0.6 is 0 Å². The van der Waals surface area contributed by atoms with Crippen LogP contribution in [0.25, 0.3) is 16.6 Å². The second-order valence-corrected chi connectivity index (χ2v) is 6.10. The van der Waals surface area contributed by atoms with Crippen LogP contribution in [0.3, 0.4) is 0 Å². The Hall–Kier alpha value is -3.18. The molecule has 4 rings (SSSR count). The molecule has 0 saturated carbocycles. The van der Waals surface area contributed by atoms with Crippen LogP contribution in [0.1, 0.15) is 5.56 Å². The van der Waals surface area contributed by atoms with E-state index in [2.05, 4.69) is 5.10 Å². The van der Waals surface area contributed by atoms with Gasteiger partial charge in [0.2, 0.25) is 0 Å². The van der Waals surface area contributed by atoms with Crippen molar-refractivity contribution in [2.45, 2.75) is 12.6 Å². The highest BCUT2D eigenvalue weighted by Gasteiger charge is 2.09. The first-order valence-electron chi connectivity index (χ1n) is 8.39. The molecule has 1 heterocycles. The second kappa shape index (κ2) is 6.98. The van der Waals surface area contributed by atoms with Crippen LogP contribution in [0.5, 0.6) is 5.75 Å². The molecule has 3 aromatic carbocycles. The summed E-state index contributed by atoms with van der Waals surface area (Å²) in [7, 11) is 0. The maximum absolute atomic E-state index is 13.1. The second-order valence-electron chi connectivity index (χ2n) is 6.10. The molecular weight excluding hydrogens is 329 g/mol. The Morgan fingerprint density at radius 2 is 1.77 bits per heavy atom. The van der Waals surface area contributed by atoms with Crippen molar-refractivity contribution < 1.29 is 9.13 Å². The number of hydrogen-bond donors (Lipinski definition) is 1.